The molecule has 1 aromatic carbocycles. The summed E-state index contributed by atoms with van der Waals surface area (Å²) in [7, 11) is 1.50. The number of hydrogen-bond donors (Lipinski definition) is 0. The molecule has 0 radical (unpaired) electrons. The van der Waals surface area contributed by atoms with Gasteiger partial charge in [-0.2, -0.15) is 5.26 Å². The molecule has 3 heteroatoms. The Balaban J connectivity index is 3.17. The Morgan fingerprint density at radius 3 is 2.79 bits per heavy atom. The van der Waals surface area contributed by atoms with Crippen molar-refractivity contribution in [2.45, 2.75) is 13.3 Å². The van der Waals surface area contributed by atoms with Crippen molar-refractivity contribution in [3.63, 3.8) is 0 Å². The van der Waals surface area contributed by atoms with E-state index in [1.807, 2.05) is 25.1 Å². The van der Waals surface area contributed by atoms with Crippen LogP contribution in [0.25, 0.3) is 0 Å². The van der Waals surface area contributed by atoms with Crippen LogP contribution >= 0.6 is 0 Å². The van der Waals surface area contributed by atoms with Crippen LogP contribution in [0, 0.1) is 11.3 Å². The first-order chi connectivity index (χ1) is 6.83. The molecule has 3 nitrogen and oxygen atoms in total. The van der Waals surface area contributed by atoms with Crippen LogP contribution in [-0.2, 0) is 4.84 Å². The van der Waals surface area contributed by atoms with Crippen molar-refractivity contribution in [3.05, 3.63) is 35.4 Å². The third kappa shape index (κ3) is 2.11. The highest BCUT2D eigenvalue weighted by Crippen LogP contribution is 2.11. The van der Waals surface area contributed by atoms with Gasteiger partial charge in [0.15, 0.2) is 0 Å². The van der Waals surface area contributed by atoms with Crippen LogP contribution in [0.5, 0.6) is 0 Å². The van der Waals surface area contributed by atoms with Gasteiger partial charge in [0.1, 0.15) is 7.11 Å². The molecule has 0 spiro atoms. The molecule has 0 aliphatic rings. The van der Waals surface area contributed by atoms with Gasteiger partial charge in [-0.1, -0.05) is 30.3 Å². The van der Waals surface area contributed by atoms with Crippen molar-refractivity contribution in [3.8, 4) is 6.07 Å². The van der Waals surface area contributed by atoms with Crippen molar-refractivity contribution in [2.24, 2.45) is 5.16 Å². The number of nitrogens with zero attached hydrogens (tertiary/aromatic N) is 2. The van der Waals surface area contributed by atoms with Gasteiger partial charge >= 0.3 is 0 Å². The molecule has 0 unspecified atom stereocenters. The highest BCUT2D eigenvalue weighted by Gasteiger charge is 2.06. The molecule has 0 aliphatic carbocycles. The normalized spacial score (nSPS) is 10.8. The molecule has 0 aromatic heterocycles. The lowest BCUT2D eigenvalue weighted by molar-refractivity contribution is 0.213. The largest absolute Gasteiger partial charge is 0.399 e. The van der Waals surface area contributed by atoms with Crippen LogP contribution in [0.1, 0.15) is 24.5 Å². The van der Waals surface area contributed by atoms with Crippen LogP contribution in [0.3, 0.4) is 0 Å². The molecule has 0 saturated heterocycles. The Morgan fingerprint density at radius 1 is 1.50 bits per heavy atom. The van der Waals surface area contributed by atoms with E-state index in [0.717, 1.165) is 17.7 Å². The maximum Gasteiger partial charge on any atom is 0.106 e. The minimum absolute atomic E-state index is 0.630. The van der Waals surface area contributed by atoms with Crippen LogP contribution in [0.15, 0.2) is 29.4 Å². The number of oxime groups is 1. The molecule has 0 atom stereocenters. The zero-order valence-corrected chi connectivity index (χ0v) is 8.32. The fourth-order valence-electron chi connectivity index (χ4n) is 1.25. The van der Waals surface area contributed by atoms with Crippen LogP contribution in [0.2, 0.25) is 0 Å². The van der Waals surface area contributed by atoms with Crippen molar-refractivity contribution in [1.29, 1.82) is 5.26 Å². The van der Waals surface area contributed by atoms with Crippen molar-refractivity contribution in [2.75, 3.05) is 7.11 Å². The maximum absolute atomic E-state index is 8.89. The molecular formula is C11H12N2O. The van der Waals surface area contributed by atoms with Crippen molar-refractivity contribution < 1.29 is 4.84 Å². The highest BCUT2D eigenvalue weighted by molar-refractivity contribution is 6.02. The zero-order valence-electron chi connectivity index (χ0n) is 8.32. The molecule has 1 aromatic rings. The first kappa shape index (κ1) is 10.3. The molecule has 0 saturated carbocycles. The van der Waals surface area contributed by atoms with Crippen molar-refractivity contribution in [1.82, 2.24) is 0 Å². The predicted molar refractivity (Wildman–Crippen MR) is 55.0 cm³/mol. The van der Waals surface area contributed by atoms with Gasteiger partial charge in [-0.05, 0) is 12.5 Å². The Kier molecular flexibility index (Phi) is 3.69. The minimum atomic E-state index is 0.630. The standard InChI is InChI=1S/C11H12N2O/c1-3-11(13-14-2)10-7-5-4-6-9(10)8-12/h4-7H,3H2,1-2H3. The van der Waals surface area contributed by atoms with Gasteiger partial charge in [-0.25, -0.2) is 0 Å². The highest BCUT2D eigenvalue weighted by atomic mass is 16.6. The fraction of sp³-hybridized carbons (Fsp3) is 0.273. The average molecular weight is 188 g/mol. The zero-order chi connectivity index (χ0) is 10.4. The molecule has 0 N–H and O–H groups in total. The number of rotatable bonds is 3. The van der Waals surface area contributed by atoms with Gasteiger partial charge in [-0.3, -0.25) is 0 Å². The summed E-state index contributed by atoms with van der Waals surface area (Å²) < 4.78 is 0. The fourth-order valence-corrected chi connectivity index (χ4v) is 1.25. The summed E-state index contributed by atoms with van der Waals surface area (Å²) in [6.45, 7) is 1.98. The van der Waals surface area contributed by atoms with E-state index in [9.17, 15) is 0 Å². The third-order valence-corrected chi connectivity index (χ3v) is 1.89. The molecule has 1 rings (SSSR count). The van der Waals surface area contributed by atoms with E-state index in [1.54, 1.807) is 6.07 Å². The van der Waals surface area contributed by atoms with Crippen LogP contribution in [0.4, 0.5) is 0 Å². The lowest BCUT2D eigenvalue weighted by Gasteiger charge is -2.04. The summed E-state index contributed by atoms with van der Waals surface area (Å²) in [5.74, 6) is 0. The quantitative estimate of drug-likeness (QED) is 0.539. The van der Waals surface area contributed by atoms with E-state index in [4.69, 9.17) is 10.1 Å². The molecule has 0 bridgehead atoms. The monoisotopic (exact) mass is 188 g/mol. The lowest BCUT2D eigenvalue weighted by atomic mass is 10.0. The second kappa shape index (κ2) is 5.03. The summed E-state index contributed by atoms with van der Waals surface area (Å²) in [5, 5.41) is 12.8. The Labute approximate surface area is 83.6 Å². The summed E-state index contributed by atoms with van der Waals surface area (Å²) in [6, 6.07) is 9.50. The van der Waals surface area contributed by atoms with Gasteiger partial charge in [0, 0.05) is 5.56 Å². The first-order valence-electron chi connectivity index (χ1n) is 4.43. The second-order valence-corrected chi connectivity index (χ2v) is 2.73. The molecule has 0 aliphatic heterocycles. The summed E-state index contributed by atoms with van der Waals surface area (Å²) in [4.78, 5) is 4.73. The second-order valence-electron chi connectivity index (χ2n) is 2.73. The average Bonchev–Trinajstić information content (AvgIpc) is 2.26. The Hall–Kier alpha value is -1.82. The third-order valence-electron chi connectivity index (χ3n) is 1.89. The van der Waals surface area contributed by atoms with Crippen LogP contribution < -0.4 is 0 Å². The molecular weight excluding hydrogens is 176 g/mol. The smallest absolute Gasteiger partial charge is 0.106 e. The van der Waals surface area contributed by atoms with Gasteiger partial charge in [-0.15, -0.1) is 0 Å². The SMILES string of the molecule is CCC(=NOC)c1ccccc1C#N. The van der Waals surface area contributed by atoms with E-state index in [2.05, 4.69) is 11.2 Å². The molecule has 72 valence electrons. The molecule has 14 heavy (non-hydrogen) atoms. The van der Waals surface area contributed by atoms with Gasteiger partial charge < -0.3 is 4.84 Å². The van der Waals surface area contributed by atoms with Gasteiger partial charge in [0.05, 0.1) is 17.3 Å². The summed E-state index contributed by atoms with van der Waals surface area (Å²) >= 11 is 0. The summed E-state index contributed by atoms with van der Waals surface area (Å²) in [5.41, 5.74) is 2.27. The predicted octanol–water partition coefficient (Wildman–Crippen LogP) is 2.32. The van der Waals surface area contributed by atoms with E-state index >= 15 is 0 Å². The van der Waals surface area contributed by atoms with E-state index in [1.165, 1.54) is 7.11 Å². The minimum Gasteiger partial charge on any atom is -0.399 e. The van der Waals surface area contributed by atoms with E-state index in [0.29, 0.717) is 5.56 Å². The summed E-state index contributed by atoms with van der Waals surface area (Å²) in [6.07, 6.45) is 0.743. The number of hydrogen-bond acceptors (Lipinski definition) is 3. The maximum atomic E-state index is 8.89. The van der Waals surface area contributed by atoms with Crippen molar-refractivity contribution >= 4 is 5.71 Å². The van der Waals surface area contributed by atoms with Gasteiger partial charge in [0.2, 0.25) is 0 Å². The molecule has 0 amide bonds. The van der Waals surface area contributed by atoms with E-state index in [-0.39, 0.29) is 0 Å². The first-order valence-corrected chi connectivity index (χ1v) is 4.43. The molecule has 0 fully saturated rings. The Morgan fingerprint density at radius 2 is 2.21 bits per heavy atom. The molecule has 0 heterocycles. The lowest BCUT2D eigenvalue weighted by Crippen LogP contribution is -2.02. The topological polar surface area (TPSA) is 45.4 Å². The Bertz CT molecular complexity index is 377. The van der Waals surface area contributed by atoms with Gasteiger partial charge in [0.25, 0.3) is 0 Å². The van der Waals surface area contributed by atoms with Crippen LogP contribution in [-0.4, -0.2) is 12.8 Å². The number of benzene rings is 1. The number of nitriles is 1. The van der Waals surface area contributed by atoms with E-state index < -0.39 is 0 Å².